The molecule has 0 spiro atoms. The summed E-state index contributed by atoms with van der Waals surface area (Å²) < 4.78 is 15.6. The van der Waals surface area contributed by atoms with Crippen molar-refractivity contribution in [2.45, 2.75) is 0 Å². The van der Waals surface area contributed by atoms with Crippen LogP contribution in [0.4, 0.5) is 0 Å². The summed E-state index contributed by atoms with van der Waals surface area (Å²) in [5, 5.41) is 0.477. The second-order valence-corrected chi connectivity index (χ2v) is 5.12. The second-order valence-electron chi connectivity index (χ2n) is 4.69. The van der Waals surface area contributed by atoms with E-state index in [1.54, 1.807) is 44.6 Å². The molecule has 0 aliphatic rings. The first kappa shape index (κ1) is 16.9. The molecular formula is C18H17ClO4. The molecule has 4 nitrogen and oxygen atoms in total. The number of hydrogen-bond donors (Lipinski definition) is 0. The van der Waals surface area contributed by atoms with Crippen molar-refractivity contribution in [2.75, 3.05) is 21.3 Å². The zero-order valence-corrected chi connectivity index (χ0v) is 13.9. The van der Waals surface area contributed by atoms with Gasteiger partial charge in [-0.2, -0.15) is 0 Å². The number of carbonyl (C=O) groups excluding carboxylic acids is 1. The van der Waals surface area contributed by atoms with Crippen molar-refractivity contribution < 1.29 is 19.0 Å². The number of halogens is 1. The minimum atomic E-state index is -0.203. The highest BCUT2D eigenvalue weighted by Crippen LogP contribution is 2.25. The van der Waals surface area contributed by atoms with Gasteiger partial charge in [0.25, 0.3) is 0 Å². The Balaban J connectivity index is 2.30. The third kappa shape index (κ3) is 4.27. The minimum absolute atomic E-state index is 0.203. The fourth-order valence-corrected chi connectivity index (χ4v) is 2.23. The maximum Gasteiger partial charge on any atom is 0.189 e. The number of ketones is 1. The van der Waals surface area contributed by atoms with Crippen molar-refractivity contribution in [3.8, 4) is 17.2 Å². The van der Waals surface area contributed by atoms with Crippen LogP contribution in [0.15, 0.2) is 42.5 Å². The van der Waals surface area contributed by atoms with Crippen molar-refractivity contribution in [1.29, 1.82) is 0 Å². The molecule has 23 heavy (non-hydrogen) atoms. The van der Waals surface area contributed by atoms with Gasteiger partial charge in [0.2, 0.25) is 0 Å². The predicted molar refractivity (Wildman–Crippen MR) is 90.9 cm³/mol. The van der Waals surface area contributed by atoms with Gasteiger partial charge < -0.3 is 14.2 Å². The van der Waals surface area contributed by atoms with Crippen LogP contribution in [0.25, 0.3) is 6.08 Å². The molecule has 0 aliphatic carbocycles. The Morgan fingerprint density at radius 2 is 1.61 bits per heavy atom. The maximum atomic E-state index is 12.4. The molecule has 5 heteroatoms. The van der Waals surface area contributed by atoms with Crippen molar-refractivity contribution in [2.24, 2.45) is 0 Å². The largest absolute Gasteiger partial charge is 0.497 e. The molecule has 0 amide bonds. The fourth-order valence-electron chi connectivity index (χ4n) is 2.06. The van der Waals surface area contributed by atoms with E-state index < -0.39 is 0 Å². The van der Waals surface area contributed by atoms with Crippen LogP contribution in [0.3, 0.4) is 0 Å². The zero-order valence-electron chi connectivity index (χ0n) is 13.1. The average molecular weight is 333 g/mol. The fraction of sp³-hybridized carbons (Fsp3) is 0.167. The third-order valence-corrected chi connectivity index (χ3v) is 3.46. The van der Waals surface area contributed by atoms with Gasteiger partial charge in [-0.3, -0.25) is 4.79 Å². The lowest BCUT2D eigenvalue weighted by molar-refractivity contribution is 0.104. The molecule has 0 bridgehead atoms. The van der Waals surface area contributed by atoms with Crippen LogP contribution in [0.1, 0.15) is 15.9 Å². The normalized spacial score (nSPS) is 10.6. The Morgan fingerprint density at radius 1 is 0.957 bits per heavy atom. The van der Waals surface area contributed by atoms with E-state index in [1.165, 1.54) is 13.2 Å². The zero-order chi connectivity index (χ0) is 16.8. The predicted octanol–water partition coefficient (Wildman–Crippen LogP) is 4.26. The number of allylic oxidation sites excluding steroid dienone is 1. The van der Waals surface area contributed by atoms with Crippen LogP contribution < -0.4 is 14.2 Å². The Labute approximate surface area is 140 Å². The molecule has 2 aromatic rings. The van der Waals surface area contributed by atoms with Crippen LogP contribution in [-0.4, -0.2) is 27.1 Å². The van der Waals surface area contributed by atoms with Crippen molar-refractivity contribution in [1.82, 2.24) is 0 Å². The average Bonchev–Trinajstić information content (AvgIpc) is 2.59. The molecule has 120 valence electrons. The summed E-state index contributed by atoms with van der Waals surface area (Å²) in [5.74, 6) is 1.58. The van der Waals surface area contributed by atoms with Gasteiger partial charge in [0.05, 0.1) is 26.9 Å². The van der Waals surface area contributed by atoms with E-state index >= 15 is 0 Å². The molecule has 0 unspecified atom stereocenters. The summed E-state index contributed by atoms with van der Waals surface area (Å²) in [6, 6.07) is 10.3. The van der Waals surface area contributed by atoms with Crippen LogP contribution in [0.5, 0.6) is 17.2 Å². The lowest BCUT2D eigenvalue weighted by atomic mass is 10.1. The van der Waals surface area contributed by atoms with Gasteiger partial charge >= 0.3 is 0 Å². The molecule has 0 saturated carbocycles. The van der Waals surface area contributed by atoms with Crippen molar-refractivity contribution in [3.63, 3.8) is 0 Å². The van der Waals surface area contributed by atoms with Crippen LogP contribution in [0, 0.1) is 0 Å². The van der Waals surface area contributed by atoms with Gasteiger partial charge in [-0.15, -0.1) is 0 Å². The molecule has 0 atom stereocenters. The standard InChI is InChI=1S/C18H17ClO4/c1-21-14-8-12(9-15(11-14)22-2)4-6-17(20)16-10-13(19)5-7-18(16)23-3/h4-11H,1-3H3/b6-4+. The lowest BCUT2D eigenvalue weighted by Gasteiger charge is -2.07. The second kappa shape index (κ2) is 7.70. The summed E-state index contributed by atoms with van der Waals surface area (Å²) in [5.41, 5.74) is 1.20. The molecule has 0 aromatic heterocycles. The number of hydrogen-bond acceptors (Lipinski definition) is 4. The Kier molecular flexibility index (Phi) is 5.66. The van der Waals surface area contributed by atoms with E-state index in [1.807, 2.05) is 12.1 Å². The smallest absolute Gasteiger partial charge is 0.189 e. The highest BCUT2D eigenvalue weighted by Gasteiger charge is 2.10. The van der Waals surface area contributed by atoms with E-state index in [0.29, 0.717) is 27.8 Å². The summed E-state index contributed by atoms with van der Waals surface area (Å²) in [4.78, 5) is 12.4. The van der Waals surface area contributed by atoms with Crippen LogP contribution in [0.2, 0.25) is 5.02 Å². The van der Waals surface area contributed by atoms with Crippen molar-refractivity contribution >= 4 is 23.5 Å². The first-order chi connectivity index (χ1) is 11.1. The van der Waals surface area contributed by atoms with E-state index in [9.17, 15) is 4.79 Å². The van der Waals surface area contributed by atoms with E-state index in [4.69, 9.17) is 25.8 Å². The minimum Gasteiger partial charge on any atom is -0.497 e. The summed E-state index contributed by atoms with van der Waals surface area (Å²) in [7, 11) is 4.66. The van der Waals surface area contributed by atoms with E-state index in [0.717, 1.165) is 5.56 Å². The molecule has 0 heterocycles. The lowest BCUT2D eigenvalue weighted by Crippen LogP contribution is -1.98. The molecule has 2 rings (SSSR count). The maximum absolute atomic E-state index is 12.4. The number of carbonyl (C=O) groups is 1. The van der Waals surface area contributed by atoms with Gasteiger partial charge in [-0.25, -0.2) is 0 Å². The summed E-state index contributed by atoms with van der Waals surface area (Å²) in [6.07, 6.45) is 3.15. The number of methoxy groups -OCH3 is 3. The monoisotopic (exact) mass is 332 g/mol. The molecule has 0 aliphatic heterocycles. The van der Waals surface area contributed by atoms with Crippen molar-refractivity contribution in [3.05, 3.63) is 58.6 Å². The first-order valence-corrected chi connectivity index (χ1v) is 7.24. The molecule has 0 saturated heterocycles. The number of ether oxygens (including phenoxy) is 3. The number of rotatable bonds is 6. The first-order valence-electron chi connectivity index (χ1n) is 6.86. The van der Waals surface area contributed by atoms with Crippen LogP contribution >= 0.6 is 11.6 Å². The molecular weight excluding hydrogens is 316 g/mol. The molecule has 0 N–H and O–H groups in total. The molecule has 0 radical (unpaired) electrons. The van der Waals surface area contributed by atoms with Gasteiger partial charge in [0.15, 0.2) is 5.78 Å². The van der Waals surface area contributed by atoms with Gasteiger partial charge in [-0.1, -0.05) is 17.7 Å². The molecule has 0 fully saturated rings. The quantitative estimate of drug-likeness (QED) is 0.585. The third-order valence-electron chi connectivity index (χ3n) is 3.23. The number of benzene rings is 2. The summed E-state index contributed by atoms with van der Waals surface area (Å²) >= 11 is 5.95. The molecule has 2 aromatic carbocycles. The van der Waals surface area contributed by atoms with Gasteiger partial charge in [-0.05, 0) is 42.0 Å². The Bertz CT molecular complexity index is 716. The Morgan fingerprint density at radius 3 is 2.17 bits per heavy atom. The van der Waals surface area contributed by atoms with Gasteiger partial charge in [0, 0.05) is 11.1 Å². The topological polar surface area (TPSA) is 44.8 Å². The highest BCUT2D eigenvalue weighted by molar-refractivity contribution is 6.31. The van der Waals surface area contributed by atoms with Gasteiger partial charge in [0.1, 0.15) is 17.2 Å². The SMILES string of the molecule is COc1cc(/C=C/C(=O)c2cc(Cl)ccc2OC)cc(OC)c1. The van der Waals surface area contributed by atoms with E-state index in [2.05, 4.69) is 0 Å². The summed E-state index contributed by atoms with van der Waals surface area (Å²) in [6.45, 7) is 0. The highest BCUT2D eigenvalue weighted by atomic mass is 35.5. The Hall–Kier alpha value is -2.46. The van der Waals surface area contributed by atoms with Crippen LogP contribution in [-0.2, 0) is 0 Å². The van der Waals surface area contributed by atoms with E-state index in [-0.39, 0.29) is 5.78 Å².